The quantitative estimate of drug-likeness (QED) is 0.800. The molecule has 0 fully saturated rings. The normalized spacial score (nSPS) is 18.4. The van der Waals surface area contributed by atoms with Crippen molar-refractivity contribution in [2.45, 2.75) is 26.3 Å². The van der Waals surface area contributed by atoms with Crippen molar-refractivity contribution in [2.24, 2.45) is 0 Å². The average Bonchev–Trinajstić information content (AvgIpc) is 2.40. The third-order valence-corrected chi connectivity index (χ3v) is 3.98. The van der Waals surface area contributed by atoms with Crippen LogP contribution in [0.4, 0.5) is 0 Å². The molecule has 1 aliphatic rings. The van der Waals surface area contributed by atoms with E-state index in [1.165, 1.54) is 27.8 Å². The Balaban J connectivity index is 2.12. The van der Waals surface area contributed by atoms with Crippen LogP contribution in [-0.2, 0) is 6.42 Å². The van der Waals surface area contributed by atoms with Crippen molar-refractivity contribution in [3.8, 4) is 0 Å². The lowest BCUT2D eigenvalue weighted by Crippen LogP contribution is -2.31. The minimum atomic E-state index is 0.356. The number of benzene rings is 2. The fourth-order valence-electron chi connectivity index (χ4n) is 2.98. The van der Waals surface area contributed by atoms with Gasteiger partial charge in [-0.25, -0.2) is 0 Å². The first kappa shape index (κ1) is 11.5. The highest BCUT2D eigenvalue weighted by Gasteiger charge is 2.22. The van der Waals surface area contributed by atoms with E-state index >= 15 is 0 Å². The maximum Gasteiger partial charge on any atom is 0.0582 e. The zero-order chi connectivity index (χ0) is 12.5. The molecule has 0 saturated carbocycles. The summed E-state index contributed by atoms with van der Waals surface area (Å²) in [6, 6.07) is 15.7. The van der Waals surface area contributed by atoms with Gasteiger partial charge in [0.25, 0.3) is 0 Å². The molecule has 3 rings (SSSR count). The van der Waals surface area contributed by atoms with E-state index in [1.54, 1.807) is 0 Å². The van der Waals surface area contributed by atoms with Crippen LogP contribution in [0, 0.1) is 13.8 Å². The summed E-state index contributed by atoms with van der Waals surface area (Å²) in [5, 5.41) is 3.66. The Kier molecular flexibility index (Phi) is 2.92. The van der Waals surface area contributed by atoms with Gasteiger partial charge in [-0.1, -0.05) is 42.5 Å². The molecular formula is C17H19N. The van der Waals surface area contributed by atoms with Gasteiger partial charge in [0.2, 0.25) is 0 Å². The van der Waals surface area contributed by atoms with E-state index in [4.69, 9.17) is 0 Å². The van der Waals surface area contributed by atoms with E-state index in [0.29, 0.717) is 6.04 Å². The molecule has 92 valence electrons. The second-order valence-corrected chi connectivity index (χ2v) is 5.14. The van der Waals surface area contributed by atoms with Crippen molar-refractivity contribution in [1.29, 1.82) is 0 Å². The second-order valence-electron chi connectivity index (χ2n) is 5.14. The molecule has 1 unspecified atom stereocenters. The van der Waals surface area contributed by atoms with Gasteiger partial charge in [0.1, 0.15) is 0 Å². The molecule has 1 nitrogen and oxygen atoms in total. The van der Waals surface area contributed by atoms with Crippen LogP contribution < -0.4 is 5.32 Å². The van der Waals surface area contributed by atoms with Gasteiger partial charge in [-0.05, 0) is 48.1 Å². The molecular weight excluding hydrogens is 218 g/mol. The van der Waals surface area contributed by atoms with Crippen LogP contribution >= 0.6 is 0 Å². The first-order valence-electron chi connectivity index (χ1n) is 6.64. The van der Waals surface area contributed by atoms with Gasteiger partial charge in [0, 0.05) is 6.54 Å². The van der Waals surface area contributed by atoms with Gasteiger partial charge in [-0.3, -0.25) is 0 Å². The molecule has 1 aliphatic heterocycles. The van der Waals surface area contributed by atoms with Crippen LogP contribution in [0.15, 0.2) is 42.5 Å². The number of hydrogen-bond acceptors (Lipinski definition) is 1. The lowest BCUT2D eigenvalue weighted by molar-refractivity contribution is 0.564. The summed E-state index contributed by atoms with van der Waals surface area (Å²) in [6.45, 7) is 5.48. The predicted molar refractivity (Wildman–Crippen MR) is 75.9 cm³/mol. The van der Waals surface area contributed by atoms with Crippen LogP contribution in [-0.4, -0.2) is 6.54 Å². The van der Waals surface area contributed by atoms with Crippen LogP contribution in [0.5, 0.6) is 0 Å². The van der Waals surface area contributed by atoms with Crippen LogP contribution in [0.2, 0.25) is 0 Å². The van der Waals surface area contributed by atoms with E-state index < -0.39 is 0 Å². The molecule has 0 bridgehead atoms. The fourth-order valence-corrected chi connectivity index (χ4v) is 2.98. The molecule has 0 amide bonds. The monoisotopic (exact) mass is 237 g/mol. The summed E-state index contributed by atoms with van der Waals surface area (Å²) in [6.07, 6.45) is 1.14. The van der Waals surface area contributed by atoms with Gasteiger partial charge >= 0.3 is 0 Å². The summed E-state index contributed by atoms with van der Waals surface area (Å²) >= 11 is 0. The lowest BCUT2D eigenvalue weighted by atomic mass is 9.86. The Labute approximate surface area is 109 Å². The third kappa shape index (κ3) is 1.85. The SMILES string of the molecule is Cc1ccccc1C1NCCc2c(C)cccc21. The first-order chi connectivity index (χ1) is 8.77. The summed E-state index contributed by atoms with van der Waals surface area (Å²) in [5.41, 5.74) is 7.18. The fraction of sp³-hybridized carbons (Fsp3) is 0.294. The number of aryl methyl sites for hydroxylation is 2. The van der Waals surface area contributed by atoms with E-state index in [2.05, 4.69) is 61.6 Å². The number of hydrogen-bond donors (Lipinski definition) is 1. The summed E-state index contributed by atoms with van der Waals surface area (Å²) in [4.78, 5) is 0. The largest absolute Gasteiger partial charge is 0.306 e. The maximum absolute atomic E-state index is 3.66. The van der Waals surface area contributed by atoms with E-state index in [-0.39, 0.29) is 0 Å². The van der Waals surface area contributed by atoms with Gasteiger partial charge in [0.15, 0.2) is 0 Å². The molecule has 0 radical (unpaired) electrons. The molecule has 1 N–H and O–H groups in total. The molecule has 18 heavy (non-hydrogen) atoms. The van der Waals surface area contributed by atoms with Crippen molar-refractivity contribution in [3.63, 3.8) is 0 Å². The van der Waals surface area contributed by atoms with E-state index in [0.717, 1.165) is 13.0 Å². The van der Waals surface area contributed by atoms with E-state index in [1.807, 2.05) is 0 Å². The molecule has 0 aliphatic carbocycles. The van der Waals surface area contributed by atoms with Gasteiger partial charge in [-0.2, -0.15) is 0 Å². The first-order valence-corrected chi connectivity index (χ1v) is 6.64. The molecule has 0 saturated heterocycles. The number of nitrogens with one attached hydrogen (secondary N) is 1. The second kappa shape index (κ2) is 4.58. The maximum atomic E-state index is 3.66. The summed E-state index contributed by atoms with van der Waals surface area (Å²) < 4.78 is 0. The molecule has 2 aromatic rings. The Morgan fingerprint density at radius 2 is 1.61 bits per heavy atom. The number of rotatable bonds is 1. The van der Waals surface area contributed by atoms with Gasteiger partial charge in [0.05, 0.1) is 6.04 Å². The highest BCUT2D eigenvalue weighted by molar-refractivity contribution is 5.45. The highest BCUT2D eigenvalue weighted by Crippen LogP contribution is 2.31. The minimum Gasteiger partial charge on any atom is -0.306 e. The topological polar surface area (TPSA) is 12.0 Å². The summed E-state index contributed by atoms with van der Waals surface area (Å²) in [5.74, 6) is 0. The smallest absolute Gasteiger partial charge is 0.0582 e. The minimum absolute atomic E-state index is 0.356. The van der Waals surface area contributed by atoms with Gasteiger partial charge in [-0.15, -0.1) is 0 Å². The van der Waals surface area contributed by atoms with Crippen LogP contribution in [0.25, 0.3) is 0 Å². The predicted octanol–water partition coefficient (Wildman–Crippen LogP) is 3.54. The lowest BCUT2D eigenvalue weighted by Gasteiger charge is -2.29. The van der Waals surface area contributed by atoms with Gasteiger partial charge < -0.3 is 5.32 Å². The zero-order valence-electron chi connectivity index (χ0n) is 11.0. The highest BCUT2D eigenvalue weighted by atomic mass is 14.9. The Bertz CT molecular complexity index is 572. The Morgan fingerprint density at radius 1 is 0.889 bits per heavy atom. The molecule has 1 heteroatoms. The molecule has 2 aromatic carbocycles. The molecule has 0 aromatic heterocycles. The molecule has 1 atom stereocenters. The zero-order valence-corrected chi connectivity index (χ0v) is 11.0. The number of fused-ring (bicyclic) bond motifs is 1. The molecule has 0 spiro atoms. The van der Waals surface area contributed by atoms with Crippen molar-refractivity contribution < 1.29 is 0 Å². The Hall–Kier alpha value is -1.60. The van der Waals surface area contributed by atoms with Crippen molar-refractivity contribution in [1.82, 2.24) is 5.32 Å². The third-order valence-electron chi connectivity index (χ3n) is 3.98. The molecule has 1 heterocycles. The standard InChI is InChI=1S/C17H19N/c1-12-7-5-9-16-14(12)10-11-18-17(16)15-8-4-3-6-13(15)2/h3-9,17-18H,10-11H2,1-2H3. The summed E-state index contributed by atoms with van der Waals surface area (Å²) in [7, 11) is 0. The van der Waals surface area contributed by atoms with Crippen molar-refractivity contribution >= 4 is 0 Å². The van der Waals surface area contributed by atoms with E-state index in [9.17, 15) is 0 Å². The van der Waals surface area contributed by atoms with Crippen molar-refractivity contribution in [2.75, 3.05) is 6.54 Å². The van der Waals surface area contributed by atoms with Crippen LogP contribution in [0.3, 0.4) is 0 Å². The van der Waals surface area contributed by atoms with Crippen molar-refractivity contribution in [3.05, 3.63) is 70.3 Å². The Morgan fingerprint density at radius 3 is 2.44 bits per heavy atom. The average molecular weight is 237 g/mol. The van der Waals surface area contributed by atoms with Crippen LogP contribution in [0.1, 0.15) is 33.9 Å².